The third-order valence-electron chi connectivity index (χ3n) is 4.74. The van der Waals surface area contributed by atoms with E-state index >= 15 is 0 Å². The van der Waals surface area contributed by atoms with Crippen molar-refractivity contribution in [1.82, 2.24) is 10.2 Å². The summed E-state index contributed by atoms with van der Waals surface area (Å²) in [6.07, 6.45) is 7.50. The molecule has 0 spiro atoms. The minimum Gasteiger partial charge on any atom is -0.356 e. The van der Waals surface area contributed by atoms with Crippen molar-refractivity contribution in [2.24, 2.45) is 11.8 Å². The van der Waals surface area contributed by atoms with Crippen molar-refractivity contribution < 1.29 is 9.59 Å². The largest absolute Gasteiger partial charge is 0.356 e. The molecular weight excluding hydrogens is 266 g/mol. The number of piperidine rings is 1. The summed E-state index contributed by atoms with van der Waals surface area (Å²) in [4.78, 5) is 25.5. The van der Waals surface area contributed by atoms with Crippen LogP contribution in [0.2, 0.25) is 0 Å². The van der Waals surface area contributed by atoms with E-state index < -0.39 is 0 Å². The molecule has 1 aliphatic heterocycles. The lowest BCUT2D eigenvalue weighted by Gasteiger charge is -2.32. The van der Waals surface area contributed by atoms with E-state index in [0.29, 0.717) is 19.0 Å². The molecule has 5 nitrogen and oxygen atoms in total. The van der Waals surface area contributed by atoms with Crippen LogP contribution in [-0.2, 0) is 9.59 Å². The molecule has 0 aromatic rings. The highest BCUT2D eigenvalue weighted by molar-refractivity contribution is 5.79. The molecule has 2 rings (SSSR count). The number of hydrogen-bond acceptors (Lipinski definition) is 3. The van der Waals surface area contributed by atoms with Gasteiger partial charge in [-0.1, -0.05) is 19.3 Å². The lowest BCUT2D eigenvalue weighted by Crippen LogP contribution is -2.42. The number of rotatable bonds is 4. The summed E-state index contributed by atoms with van der Waals surface area (Å²) >= 11 is 0. The van der Waals surface area contributed by atoms with Crippen LogP contribution in [0, 0.1) is 23.2 Å². The van der Waals surface area contributed by atoms with Crippen LogP contribution in [0.15, 0.2) is 0 Å². The zero-order valence-electron chi connectivity index (χ0n) is 12.6. The zero-order valence-corrected chi connectivity index (χ0v) is 12.6. The fourth-order valence-corrected chi connectivity index (χ4v) is 3.32. The summed E-state index contributed by atoms with van der Waals surface area (Å²) in [7, 11) is 0. The van der Waals surface area contributed by atoms with Crippen LogP contribution < -0.4 is 5.32 Å². The van der Waals surface area contributed by atoms with Crippen LogP contribution >= 0.6 is 0 Å². The molecule has 5 heteroatoms. The number of carbonyl (C=O) groups excluding carboxylic acids is 2. The molecule has 2 amide bonds. The van der Waals surface area contributed by atoms with Crippen LogP contribution in [0.25, 0.3) is 0 Å². The van der Waals surface area contributed by atoms with Gasteiger partial charge < -0.3 is 10.2 Å². The SMILES string of the molecule is N#CCC(=O)N1CCC(CNC(=O)C2CCCCC2)CC1. The van der Waals surface area contributed by atoms with Crippen molar-refractivity contribution in [1.29, 1.82) is 5.26 Å². The first-order chi connectivity index (χ1) is 10.2. The van der Waals surface area contributed by atoms with E-state index in [-0.39, 0.29) is 24.2 Å². The van der Waals surface area contributed by atoms with Crippen molar-refractivity contribution >= 4 is 11.8 Å². The molecule has 0 aromatic carbocycles. The number of likely N-dealkylation sites (tertiary alicyclic amines) is 1. The molecule has 2 aliphatic rings. The third kappa shape index (κ3) is 4.73. The van der Waals surface area contributed by atoms with E-state index in [9.17, 15) is 9.59 Å². The molecule has 0 radical (unpaired) electrons. The van der Waals surface area contributed by atoms with Gasteiger partial charge in [0, 0.05) is 25.6 Å². The Balaban J connectivity index is 1.65. The van der Waals surface area contributed by atoms with Crippen LogP contribution in [0.5, 0.6) is 0 Å². The molecule has 0 bridgehead atoms. The van der Waals surface area contributed by atoms with E-state index in [4.69, 9.17) is 5.26 Å². The van der Waals surface area contributed by atoms with Crippen molar-refractivity contribution in [3.63, 3.8) is 0 Å². The van der Waals surface area contributed by atoms with Crippen molar-refractivity contribution in [2.75, 3.05) is 19.6 Å². The topological polar surface area (TPSA) is 73.2 Å². The fourth-order valence-electron chi connectivity index (χ4n) is 3.32. The van der Waals surface area contributed by atoms with Crippen LogP contribution in [0.3, 0.4) is 0 Å². The van der Waals surface area contributed by atoms with Gasteiger partial charge in [0.25, 0.3) is 0 Å². The Bertz CT molecular complexity index is 402. The number of hydrogen-bond donors (Lipinski definition) is 1. The molecule has 0 atom stereocenters. The van der Waals surface area contributed by atoms with Crippen molar-refractivity contribution in [3.8, 4) is 6.07 Å². The van der Waals surface area contributed by atoms with Crippen LogP contribution in [0.1, 0.15) is 51.4 Å². The highest BCUT2D eigenvalue weighted by atomic mass is 16.2. The molecule has 1 saturated carbocycles. The molecule has 1 N–H and O–H groups in total. The summed E-state index contributed by atoms with van der Waals surface area (Å²) in [5.74, 6) is 0.833. The van der Waals surface area contributed by atoms with E-state index in [1.807, 2.05) is 6.07 Å². The number of nitriles is 1. The lowest BCUT2D eigenvalue weighted by molar-refractivity contribution is -0.132. The Labute approximate surface area is 126 Å². The maximum Gasteiger partial charge on any atom is 0.236 e. The fraction of sp³-hybridized carbons (Fsp3) is 0.812. The number of nitrogens with zero attached hydrogens (tertiary/aromatic N) is 2. The third-order valence-corrected chi connectivity index (χ3v) is 4.74. The molecule has 116 valence electrons. The Hall–Kier alpha value is -1.57. The summed E-state index contributed by atoms with van der Waals surface area (Å²) in [6.45, 7) is 2.16. The van der Waals surface area contributed by atoms with Gasteiger partial charge in [0.15, 0.2) is 0 Å². The molecule has 2 fully saturated rings. The van der Waals surface area contributed by atoms with Crippen molar-refractivity contribution in [2.45, 2.75) is 51.4 Å². The first-order valence-electron chi connectivity index (χ1n) is 8.13. The van der Waals surface area contributed by atoms with Gasteiger partial charge in [0.05, 0.1) is 6.07 Å². The second-order valence-corrected chi connectivity index (χ2v) is 6.24. The van der Waals surface area contributed by atoms with Gasteiger partial charge in [-0.2, -0.15) is 5.26 Å². The monoisotopic (exact) mass is 291 g/mol. The molecule has 21 heavy (non-hydrogen) atoms. The van der Waals surface area contributed by atoms with Crippen LogP contribution in [-0.4, -0.2) is 36.3 Å². The van der Waals surface area contributed by atoms with E-state index in [1.165, 1.54) is 19.3 Å². The molecule has 0 unspecified atom stereocenters. The summed E-state index contributed by atoms with van der Waals surface area (Å²) < 4.78 is 0. The van der Waals surface area contributed by atoms with Gasteiger partial charge in [-0.05, 0) is 31.6 Å². The van der Waals surface area contributed by atoms with Gasteiger partial charge in [-0.25, -0.2) is 0 Å². The molecule has 1 heterocycles. The average molecular weight is 291 g/mol. The van der Waals surface area contributed by atoms with Gasteiger partial charge in [-0.3, -0.25) is 9.59 Å². The van der Waals surface area contributed by atoms with Gasteiger partial charge in [0.1, 0.15) is 6.42 Å². The van der Waals surface area contributed by atoms with Crippen LogP contribution in [0.4, 0.5) is 0 Å². The second kappa shape index (κ2) is 8.02. The Morgan fingerprint density at radius 1 is 1.10 bits per heavy atom. The lowest BCUT2D eigenvalue weighted by atomic mass is 9.88. The Morgan fingerprint density at radius 3 is 2.38 bits per heavy atom. The van der Waals surface area contributed by atoms with E-state index in [2.05, 4.69) is 5.32 Å². The summed E-state index contributed by atoms with van der Waals surface area (Å²) in [5, 5.41) is 11.6. The Kier molecular flexibility index (Phi) is 6.04. The quantitative estimate of drug-likeness (QED) is 0.859. The Morgan fingerprint density at radius 2 is 1.76 bits per heavy atom. The maximum atomic E-state index is 12.1. The van der Waals surface area contributed by atoms with E-state index in [1.54, 1.807) is 4.90 Å². The normalized spacial score (nSPS) is 20.8. The van der Waals surface area contributed by atoms with Gasteiger partial charge in [0.2, 0.25) is 11.8 Å². The first-order valence-corrected chi connectivity index (χ1v) is 8.13. The molecule has 1 aliphatic carbocycles. The smallest absolute Gasteiger partial charge is 0.236 e. The minimum atomic E-state index is -0.0674. The highest BCUT2D eigenvalue weighted by Gasteiger charge is 2.25. The second-order valence-electron chi connectivity index (χ2n) is 6.24. The van der Waals surface area contributed by atoms with Gasteiger partial charge >= 0.3 is 0 Å². The van der Waals surface area contributed by atoms with E-state index in [0.717, 1.165) is 32.2 Å². The maximum absolute atomic E-state index is 12.1. The molecular formula is C16H25N3O2. The number of amides is 2. The average Bonchev–Trinajstić information content (AvgIpc) is 2.54. The zero-order chi connectivity index (χ0) is 15.1. The molecule has 0 aromatic heterocycles. The predicted molar refractivity (Wildman–Crippen MR) is 79.1 cm³/mol. The molecule has 1 saturated heterocycles. The summed E-state index contributed by atoms with van der Waals surface area (Å²) in [6, 6.07) is 1.90. The summed E-state index contributed by atoms with van der Waals surface area (Å²) in [5.41, 5.74) is 0. The number of nitrogens with one attached hydrogen (secondary N) is 1. The standard InChI is InChI=1S/C16H25N3O2/c17-9-6-15(20)19-10-7-13(8-11-19)12-18-16(21)14-4-2-1-3-5-14/h13-14H,1-8,10-12H2,(H,18,21). The van der Waals surface area contributed by atoms with Gasteiger partial charge in [-0.15, -0.1) is 0 Å². The first kappa shape index (κ1) is 15.8. The number of carbonyl (C=O) groups is 2. The highest BCUT2D eigenvalue weighted by Crippen LogP contribution is 2.24. The predicted octanol–water partition coefficient (Wildman–Crippen LogP) is 1.84. The minimum absolute atomic E-state index is 0.0247. The van der Waals surface area contributed by atoms with Crippen molar-refractivity contribution in [3.05, 3.63) is 0 Å².